The van der Waals surface area contributed by atoms with Crippen molar-refractivity contribution in [2.45, 2.75) is 32.1 Å². The highest BCUT2D eigenvalue weighted by molar-refractivity contribution is 4.75. The lowest BCUT2D eigenvalue weighted by Gasteiger charge is -2.14. The zero-order chi connectivity index (χ0) is 10.2. The van der Waals surface area contributed by atoms with Gasteiger partial charge in [-0.15, -0.1) is 6.58 Å². The van der Waals surface area contributed by atoms with Crippen LogP contribution in [0.2, 0.25) is 0 Å². The van der Waals surface area contributed by atoms with E-state index in [0.29, 0.717) is 0 Å². The van der Waals surface area contributed by atoms with Crippen molar-refractivity contribution in [1.82, 2.24) is 4.90 Å². The molecule has 1 atom stereocenters. The maximum atomic E-state index is 5.65. The third-order valence-corrected chi connectivity index (χ3v) is 3.09. The van der Waals surface area contributed by atoms with Crippen LogP contribution in [0.25, 0.3) is 0 Å². The molecule has 0 bridgehead atoms. The highest BCUT2D eigenvalue weighted by Crippen LogP contribution is 2.15. The van der Waals surface area contributed by atoms with Crippen molar-refractivity contribution in [1.29, 1.82) is 0 Å². The lowest BCUT2D eigenvalue weighted by Crippen LogP contribution is -2.24. The lowest BCUT2D eigenvalue weighted by molar-refractivity contribution is 0.316. The largest absolute Gasteiger partial charge is 0.330 e. The average Bonchev–Trinajstić information content (AvgIpc) is 2.65. The van der Waals surface area contributed by atoms with Crippen molar-refractivity contribution < 1.29 is 0 Å². The van der Waals surface area contributed by atoms with Crippen LogP contribution in [0.4, 0.5) is 0 Å². The summed E-state index contributed by atoms with van der Waals surface area (Å²) in [6, 6.07) is 0. The predicted octanol–water partition coefficient (Wildman–Crippen LogP) is 2.01. The fraction of sp³-hybridized carbons (Fsp3) is 0.833. The molecule has 2 nitrogen and oxygen atoms in total. The standard InChI is InChI=1S/C12H24N2/c1-2-3-4-5-6-8-14-9-7-12(10-13)11-14/h2,12H,1,3-11,13H2. The van der Waals surface area contributed by atoms with Crippen molar-refractivity contribution in [2.24, 2.45) is 11.7 Å². The fourth-order valence-electron chi connectivity index (χ4n) is 2.11. The van der Waals surface area contributed by atoms with E-state index in [0.717, 1.165) is 12.5 Å². The van der Waals surface area contributed by atoms with Crippen LogP contribution in [0.3, 0.4) is 0 Å². The first-order chi connectivity index (χ1) is 6.86. The van der Waals surface area contributed by atoms with Gasteiger partial charge in [-0.1, -0.05) is 12.5 Å². The van der Waals surface area contributed by atoms with Gasteiger partial charge in [-0.3, -0.25) is 0 Å². The Balaban J connectivity index is 1.94. The Morgan fingerprint density at radius 3 is 2.86 bits per heavy atom. The summed E-state index contributed by atoms with van der Waals surface area (Å²) in [4.78, 5) is 2.56. The van der Waals surface area contributed by atoms with E-state index < -0.39 is 0 Å². The van der Waals surface area contributed by atoms with Gasteiger partial charge in [0, 0.05) is 6.54 Å². The summed E-state index contributed by atoms with van der Waals surface area (Å²) >= 11 is 0. The molecule has 2 N–H and O–H groups in total. The highest BCUT2D eigenvalue weighted by Gasteiger charge is 2.19. The maximum absolute atomic E-state index is 5.65. The van der Waals surface area contributed by atoms with Gasteiger partial charge in [-0.25, -0.2) is 0 Å². The number of rotatable bonds is 7. The Morgan fingerprint density at radius 2 is 2.21 bits per heavy atom. The molecule has 0 radical (unpaired) electrons. The monoisotopic (exact) mass is 196 g/mol. The van der Waals surface area contributed by atoms with Crippen LogP contribution in [-0.2, 0) is 0 Å². The van der Waals surface area contributed by atoms with Gasteiger partial charge in [0.15, 0.2) is 0 Å². The molecule has 1 saturated heterocycles. The summed E-state index contributed by atoms with van der Waals surface area (Å²) in [6.07, 6.45) is 8.48. The average molecular weight is 196 g/mol. The van der Waals surface area contributed by atoms with Gasteiger partial charge in [0.25, 0.3) is 0 Å². The van der Waals surface area contributed by atoms with E-state index in [2.05, 4.69) is 11.5 Å². The lowest BCUT2D eigenvalue weighted by atomic mass is 10.1. The summed E-state index contributed by atoms with van der Waals surface area (Å²) in [5.41, 5.74) is 5.65. The predicted molar refractivity (Wildman–Crippen MR) is 62.3 cm³/mol. The quantitative estimate of drug-likeness (QED) is 0.498. The summed E-state index contributed by atoms with van der Waals surface area (Å²) in [6.45, 7) is 8.37. The van der Waals surface area contributed by atoms with Crippen molar-refractivity contribution in [3.05, 3.63) is 12.7 Å². The SMILES string of the molecule is C=CCCCCCN1CCC(CN)C1. The van der Waals surface area contributed by atoms with E-state index in [9.17, 15) is 0 Å². The molecule has 82 valence electrons. The highest BCUT2D eigenvalue weighted by atomic mass is 15.1. The van der Waals surface area contributed by atoms with Gasteiger partial charge in [-0.05, 0) is 51.2 Å². The number of hydrogen-bond donors (Lipinski definition) is 1. The second-order valence-corrected chi connectivity index (χ2v) is 4.33. The molecule has 1 aliphatic heterocycles. The molecule has 0 aliphatic carbocycles. The molecule has 1 aliphatic rings. The van der Waals surface area contributed by atoms with Crippen LogP contribution >= 0.6 is 0 Å². The molecule has 1 unspecified atom stereocenters. The van der Waals surface area contributed by atoms with E-state index in [1.54, 1.807) is 0 Å². The Labute approximate surface area is 88.2 Å². The Bertz CT molecular complexity index is 156. The van der Waals surface area contributed by atoms with Crippen LogP contribution in [0.5, 0.6) is 0 Å². The van der Waals surface area contributed by atoms with E-state index in [1.807, 2.05) is 6.08 Å². The Hall–Kier alpha value is -0.340. The minimum atomic E-state index is 0.767. The molecule has 1 rings (SSSR count). The van der Waals surface area contributed by atoms with Gasteiger partial charge in [0.2, 0.25) is 0 Å². The smallest absolute Gasteiger partial charge is 0.00222 e. The first-order valence-electron chi connectivity index (χ1n) is 5.90. The van der Waals surface area contributed by atoms with Crippen molar-refractivity contribution in [3.63, 3.8) is 0 Å². The number of allylic oxidation sites excluding steroid dienone is 1. The van der Waals surface area contributed by atoms with Gasteiger partial charge >= 0.3 is 0 Å². The molecule has 14 heavy (non-hydrogen) atoms. The number of hydrogen-bond acceptors (Lipinski definition) is 2. The van der Waals surface area contributed by atoms with Gasteiger partial charge in [0.1, 0.15) is 0 Å². The molecule has 0 aromatic rings. The first kappa shape index (κ1) is 11.7. The summed E-state index contributed by atoms with van der Waals surface area (Å²) in [5.74, 6) is 0.767. The molecular formula is C12H24N2. The maximum Gasteiger partial charge on any atom is 0.00222 e. The second kappa shape index (κ2) is 7.02. The number of nitrogens with zero attached hydrogens (tertiary/aromatic N) is 1. The number of likely N-dealkylation sites (tertiary alicyclic amines) is 1. The van der Waals surface area contributed by atoms with Gasteiger partial charge in [0.05, 0.1) is 0 Å². The third kappa shape index (κ3) is 4.25. The minimum absolute atomic E-state index is 0.767. The van der Waals surface area contributed by atoms with E-state index in [1.165, 1.54) is 51.7 Å². The zero-order valence-electron chi connectivity index (χ0n) is 9.25. The van der Waals surface area contributed by atoms with E-state index in [-0.39, 0.29) is 0 Å². The first-order valence-corrected chi connectivity index (χ1v) is 5.90. The molecule has 0 aromatic carbocycles. The van der Waals surface area contributed by atoms with Gasteiger partial charge in [-0.2, -0.15) is 0 Å². The molecule has 1 fully saturated rings. The summed E-state index contributed by atoms with van der Waals surface area (Å²) in [5, 5.41) is 0. The molecule has 0 spiro atoms. The van der Waals surface area contributed by atoms with Gasteiger partial charge < -0.3 is 10.6 Å². The molecule has 1 heterocycles. The van der Waals surface area contributed by atoms with Crippen LogP contribution in [0.1, 0.15) is 32.1 Å². The summed E-state index contributed by atoms with van der Waals surface area (Å²) in [7, 11) is 0. The molecule has 0 saturated carbocycles. The molecular weight excluding hydrogens is 172 g/mol. The molecule has 0 aromatic heterocycles. The van der Waals surface area contributed by atoms with Crippen LogP contribution in [0.15, 0.2) is 12.7 Å². The Kier molecular flexibility index (Phi) is 5.88. The minimum Gasteiger partial charge on any atom is -0.330 e. The Morgan fingerprint density at radius 1 is 1.36 bits per heavy atom. The normalized spacial score (nSPS) is 22.8. The van der Waals surface area contributed by atoms with Crippen LogP contribution in [-0.4, -0.2) is 31.1 Å². The topological polar surface area (TPSA) is 29.3 Å². The van der Waals surface area contributed by atoms with Crippen molar-refractivity contribution in [2.75, 3.05) is 26.2 Å². The molecule has 0 amide bonds. The van der Waals surface area contributed by atoms with Crippen molar-refractivity contribution >= 4 is 0 Å². The second-order valence-electron chi connectivity index (χ2n) is 4.33. The number of unbranched alkanes of at least 4 members (excludes halogenated alkanes) is 3. The van der Waals surface area contributed by atoms with E-state index >= 15 is 0 Å². The van der Waals surface area contributed by atoms with Crippen LogP contribution < -0.4 is 5.73 Å². The summed E-state index contributed by atoms with van der Waals surface area (Å²) < 4.78 is 0. The van der Waals surface area contributed by atoms with E-state index in [4.69, 9.17) is 5.73 Å². The number of nitrogens with two attached hydrogens (primary N) is 1. The zero-order valence-corrected chi connectivity index (χ0v) is 9.25. The van der Waals surface area contributed by atoms with Crippen LogP contribution in [0, 0.1) is 5.92 Å². The van der Waals surface area contributed by atoms with Crippen molar-refractivity contribution in [3.8, 4) is 0 Å². The third-order valence-electron chi connectivity index (χ3n) is 3.09. The molecule has 2 heteroatoms. The fourth-order valence-corrected chi connectivity index (χ4v) is 2.11.